The molecule has 0 N–H and O–H groups in total. The van der Waals surface area contributed by atoms with E-state index in [-0.39, 0.29) is 0 Å². The van der Waals surface area contributed by atoms with Gasteiger partial charge in [-0.15, -0.1) is 0 Å². The van der Waals surface area contributed by atoms with E-state index in [0.717, 1.165) is 37.3 Å². The topological polar surface area (TPSA) is 30.3 Å². The lowest BCUT2D eigenvalue weighted by Crippen LogP contribution is -2.34. The van der Waals surface area contributed by atoms with Gasteiger partial charge in [0.1, 0.15) is 0 Å². The van der Waals surface area contributed by atoms with Gasteiger partial charge in [0.2, 0.25) is 0 Å². The van der Waals surface area contributed by atoms with Gasteiger partial charge in [-0.05, 0) is 31.6 Å². The molecule has 0 atom stereocenters. The average Bonchev–Trinajstić information content (AvgIpc) is 2.36. The van der Waals surface area contributed by atoms with Crippen LogP contribution in [0.1, 0.15) is 25.0 Å². The fourth-order valence-electron chi connectivity index (χ4n) is 2.10. The Bertz CT molecular complexity index is 418. The second-order valence-electron chi connectivity index (χ2n) is 5.70. The molecule has 104 valence electrons. The molecular formula is C16H25N3. The average molecular weight is 259 g/mol. The molecule has 0 amide bonds. The molecule has 0 aliphatic heterocycles. The Labute approximate surface area is 117 Å². The lowest BCUT2D eigenvalue weighted by molar-refractivity contribution is 0.211. The van der Waals surface area contributed by atoms with Crippen molar-refractivity contribution in [2.45, 2.75) is 20.4 Å². The van der Waals surface area contributed by atoms with Gasteiger partial charge in [-0.25, -0.2) is 0 Å². The first-order valence-electron chi connectivity index (χ1n) is 6.88. The van der Waals surface area contributed by atoms with E-state index >= 15 is 0 Å². The van der Waals surface area contributed by atoms with E-state index < -0.39 is 0 Å². The van der Waals surface area contributed by atoms with Crippen molar-refractivity contribution in [1.82, 2.24) is 9.80 Å². The van der Waals surface area contributed by atoms with Crippen LogP contribution in [0, 0.1) is 17.2 Å². The van der Waals surface area contributed by atoms with Crippen molar-refractivity contribution in [3.8, 4) is 6.07 Å². The molecule has 0 saturated carbocycles. The van der Waals surface area contributed by atoms with Gasteiger partial charge in [-0.2, -0.15) is 5.26 Å². The molecule has 0 fully saturated rings. The lowest BCUT2D eigenvalue weighted by atomic mass is 10.1. The van der Waals surface area contributed by atoms with E-state index in [0.29, 0.717) is 5.92 Å². The summed E-state index contributed by atoms with van der Waals surface area (Å²) < 4.78 is 0. The molecule has 0 unspecified atom stereocenters. The summed E-state index contributed by atoms with van der Waals surface area (Å²) >= 11 is 0. The van der Waals surface area contributed by atoms with Crippen molar-refractivity contribution in [1.29, 1.82) is 5.26 Å². The second kappa shape index (κ2) is 7.93. The number of benzene rings is 1. The third-order valence-corrected chi connectivity index (χ3v) is 3.02. The Balaban J connectivity index is 2.73. The Morgan fingerprint density at radius 3 is 2.42 bits per heavy atom. The molecule has 3 nitrogen and oxygen atoms in total. The lowest BCUT2D eigenvalue weighted by Gasteiger charge is -2.26. The minimum atomic E-state index is 0.636. The maximum Gasteiger partial charge on any atom is 0.0995 e. The second-order valence-corrected chi connectivity index (χ2v) is 5.70. The molecule has 0 saturated heterocycles. The van der Waals surface area contributed by atoms with Crippen molar-refractivity contribution in [2.24, 2.45) is 5.92 Å². The van der Waals surface area contributed by atoms with Crippen molar-refractivity contribution in [3.05, 3.63) is 35.4 Å². The number of nitriles is 1. The molecule has 0 spiro atoms. The van der Waals surface area contributed by atoms with E-state index in [2.05, 4.69) is 49.9 Å². The highest BCUT2D eigenvalue weighted by Crippen LogP contribution is 2.12. The summed E-state index contributed by atoms with van der Waals surface area (Å²) in [6.45, 7) is 8.47. The molecule has 0 heterocycles. The zero-order chi connectivity index (χ0) is 14.3. The molecule has 0 radical (unpaired) electrons. The summed E-state index contributed by atoms with van der Waals surface area (Å²) in [4.78, 5) is 4.63. The molecule has 0 bridgehead atoms. The van der Waals surface area contributed by atoms with Crippen LogP contribution in [0.2, 0.25) is 0 Å². The number of hydrogen-bond acceptors (Lipinski definition) is 3. The van der Waals surface area contributed by atoms with Crippen molar-refractivity contribution in [2.75, 3.05) is 33.7 Å². The number of hydrogen-bond donors (Lipinski definition) is 0. The fraction of sp³-hybridized carbons (Fsp3) is 0.562. The van der Waals surface area contributed by atoms with E-state index in [9.17, 15) is 0 Å². The molecule has 0 aromatic heterocycles. The molecule has 3 heteroatoms. The number of likely N-dealkylation sites (N-methyl/N-ethyl adjacent to an activating group) is 1. The fourth-order valence-corrected chi connectivity index (χ4v) is 2.10. The third-order valence-electron chi connectivity index (χ3n) is 3.02. The van der Waals surface area contributed by atoms with Crippen LogP contribution in [0.15, 0.2) is 24.3 Å². The largest absolute Gasteiger partial charge is 0.308 e. The van der Waals surface area contributed by atoms with Gasteiger partial charge in [0.25, 0.3) is 0 Å². The standard InChI is InChI=1S/C16H25N3/c1-14(2)12-19(10-9-18(3)4)13-16-8-6-5-7-15(16)11-17/h5-8,14H,9-10,12-13H2,1-4H3. The molecule has 1 aromatic carbocycles. The third kappa shape index (κ3) is 5.87. The maximum absolute atomic E-state index is 9.15. The van der Waals surface area contributed by atoms with Gasteiger partial charge < -0.3 is 4.90 Å². The maximum atomic E-state index is 9.15. The molecule has 0 aliphatic carbocycles. The zero-order valence-electron chi connectivity index (χ0n) is 12.6. The highest BCUT2D eigenvalue weighted by Gasteiger charge is 2.10. The smallest absolute Gasteiger partial charge is 0.0995 e. The summed E-state index contributed by atoms with van der Waals surface area (Å²) in [5, 5.41) is 9.15. The van der Waals surface area contributed by atoms with Crippen molar-refractivity contribution in [3.63, 3.8) is 0 Å². The highest BCUT2D eigenvalue weighted by atomic mass is 15.2. The Morgan fingerprint density at radius 2 is 1.84 bits per heavy atom. The first-order chi connectivity index (χ1) is 9.02. The van der Waals surface area contributed by atoms with Crippen LogP contribution in [0.5, 0.6) is 0 Å². The number of nitrogens with zero attached hydrogens (tertiary/aromatic N) is 3. The quantitative estimate of drug-likeness (QED) is 0.754. The molecule has 19 heavy (non-hydrogen) atoms. The van der Waals surface area contributed by atoms with Crippen molar-refractivity contribution >= 4 is 0 Å². The van der Waals surface area contributed by atoms with E-state index in [4.69, 9.17) is 5.26 Å². The molecule has 1 rings (SSSR count). The van der Waals surface area contributed by atoms with Crippen LogP contribution < -0.4 is 0 Å². The van der Waals surface area contributed by atoms with Crippen LogP contribution >= 0.6 is 0 Å². The van der Waals surface area contributed by atoms with Crippen LogP contribution in [0.25, 0.3) is 0 Å². The highest BCUT2D eigenvalue weighted by molar-refractivity contribution is 5.37. The minimum Gasteiger partial charge on any atom is -0.308 e. The van der Waals surface area contributed by atoms with Gasteiger partial charge in [-0.3, -0.25) is 4.90 Å². The van der Waals surface area contributed by atoms with Gasteiger partial charge in [0.05, 0.1) is 11.6 Å². The van der Waals surface area contributed by atoms with Crippen LogP contribution in [-0.4, -0.2) is 43.5 Å². The van der Waals surface area contributed by atoms with E-state index in [1.807, 2.05) is 18.2 Å². The van der Waals surface area contributed by atoms with E-state index in [1.54, 1.807) is 0 Å². The van der Waals surface area contributed by atoms with E-state index in [1.165, 1.54) is 0 Å². The van der Waals surface area contributed by atoms with Crippen molar-refractivity contribution < 1.29 is 0 Å². The summed E-state index contributed by atoms with van der Waals surface area (Å²) in [5.74, 6) is 0.636. The first-order valence-corrected chi connectivity index (χ1v) is 6.88. The Hall–Kier alpha value is -1.37. The zero-order valence-corrected chi connectivity index (χ0v) is 12.6. The summed E-state index contributed by atoms with van der Waals surface area (Å²) in [6, 6.07) is 10.2. The Kier molecular flexibility index (Phi) is 6.55. The van der Waals surface area contributed by atoms with Crippen LogP contribution in [0.4, 0.5) is 0 Å². The van der Waals surface area contributed by atoms with Gasteiger partial charge in [0.15, 0.2) is 0 Å². The first kappa shape index (κ1) is 15.7. The molecule has 0 aliphatic rings. The number of rotatable bonds is 7. The monoisotopic (exact) mass is 259 g/mol. The van der Waals surface area contributed by atoms with Gasteiger partial charge in [0, 0.05) is 26.2 Å². The normalized spacial score (nSPS) is 11.3. The van der Waals surface area contributed by atoms with Crippen LogP contribution in [0.3, 0.4) is 0 Å². The summed E-state index contributed by atoms with van der Waals surface area (Å²) in [7, 11) is 4.19. The minimum absolute atomic E-state index is 0.636. The summed E-state index contributed by atoms with van der Waals surface area (Å²) in [5.41, 5.74) is 1.92. The molecular weight excluding hydrogens is 234 g/mol. The Morgan fingerprint density at radius 1 is 1.16 bits per heavy atom. The molecule has 1 aromatic rings. The van der Waals surface area contributed by atoms with Crippen LogP contribution in [-0.2, 0) is 6.54 Å². The predicted octanol–water partition coefficient (Wildman–Crippen LogP) is 2.58. The van der Waals surface area contributed by atoms with Gasteiger partial charge >= 0.3 is 0 Å². The summed E-state index contributed by atoms with van der Waals surface area (Å²) in [6.07, 6.45) is 0. The SMILES string of the molecule is CC(C)CN(CCN(C)C)Cc1ccccc1C#N. The predicted molar refractivity (Wildman–Crippen MR) is 79.8 cm³/mol. The van der Waals surface area contributed by atoms with Gasteiger partial charge in [-0.1, -0.05) is 32.0 Å².